The summed E-state index contributed by atoms with van der Waals surface area (Å²) < 4.78 is 0. The second-order valence-electron chi connectivity index (χ2n) is 4.76. The van der Waals surface area contributed by atoms with E-state index >= 15 is 0 Å². The predicted octanol–water partition coefficient (Wildman–Crippen LogP) is 1.86. The van der Waals surface area contributed by atoms with Crippen LogP contribution in [0.3, 0.4) is 0 Å². The van der Waals surface area contributed by atoms with E-state index in [1.165, 1.54) is 0 Å². The van der Waals surface area contributed by atoms with Crippen molar-refractivity contribution in [3.8, 4) is 0 Å². The number of benzene rings is 1. The predicted molar refractivity (Wildman–Crippen MR) is 75.3 cm³/mol. The third-order valence-electron chi connectivity index (χ3n) is 3.40. The lowest BCUT2D eigenvalue weighted by atomic mass is 10.1. The Hall–Kier alpha value is -2.40. The molecule has 1 aliphatic rings. The number of aromatic nitrogens is 1. The smallest absolute Gasteiger partial charge is 0.320 e. The Morgan fingerprint density at radius 2 is 2.00 bits per heavy atom. The number of aliphatic hydroxyl groups is 1. The Morgan fingerprint density at radius 3 is 2.80 bits per heavy atom. The van der Waals surface area contributed by atoms with Crippen molar-refractivity contribution in [1.29, 1.82) is 0 Å². The zero-order valence-corrected chi connectivity index (χ0v) is 10.8. The van der Waals surface area contributed by atoms with Crippen LogP contribution >= 0.6 is 0 Å². The average molecular weight is 269 g/mol. The number of nitrogens with zero attached hydrogens (tertiary/aromatic N) is 1. The number of carbonyl (C=O) groups excluding carboxylic acids is 1. The minimum Gasteiger partial charge on any atom is -0.390 e. The molecule has 0 saturated carbocycles. The Bertz CT molecular complexity index is 616. The number of rotatable bonds is 2. The highest BCUT2D eigenvalue weighted by Gasteiger charge is 2.31. The molecule has 5 heteroatoms. The fourth-order valence-corrected chi connectivity index (χ4v) is 2.48. The highest BCUT2D eigenvalue weighted by molar-refractivity contribution is 5.88. The summed E-state index contributed by atoms with van der Waals surface area (Å²) >= 11 is 0. The molecular formula is C15H15N3O2. The molecule has 102 valence electrons. The summed E-state index contributed by atoms with van der Waals surface area (Å²) in [6, 6.07) is 12.3. The van der Waals surface area contributed by atoms with Gasteiger partial charge in [0.1, 0.15) is 5.82 Å². The number of urea groups is 1. The van der Waals surface area contributed by atoms with E-state index in [1.807, 2.05) is 24.3 Å². The largest absolute Gasteiger partial charge is 0.390 e. The maximum Gasteiger partial charge on any atom is 0.320 e. The van der Waals surface area contributed by atoms with Crippen LogP contribution in [0.15, 0.2) is 48.7 Å². The van der Waals surface area contributed by atoms with E-state index in [-0.39, 0.29) is 12.1 Å². The minimum atomic E-state index is -0.595. The van der Waals surface area contributed by atoms with Gasteiger partial charge in [0.2, 0.25) is 0 Å². The number of nitrogens with one attached hydrogen (secondary N) is 2. The van der Waals surface area contributed by atoms with Crippen LogP contribution in [0.25, 0.3) is 0 Å². The van der Waals surface area contributed by atoms with Gasteiger partial charge in [-0.2, -0.15) is 0 Å². The van der Waals surface area contributed by atoms with Crippen molar-refractivity contribution < 1.29 is 9.90 Å². The van der Waals surface area contributed by atoms with Crippen molar-refractivity contribution in [2.75, 3.05) is 5.32 Å². The monoisotopic (exact) mass is 269 g/mol. The first-order valence-electron chi connectivity index (χ1n) is 6.48. The fraction of sp³-hybridized carbons (Fsp3) is 0.200. The SMILES string of the molecule is O=C(Nc1ccccn1)NC1c2ccccc2CC1O. The zero-order valence-electron chi connectivity index (χ0n) is 10.8. The molecule has 0 spiro atoms. The van der Waals surface area contributed by atoms with Crippen molar-refractivity contribution in [2.45, 2.75) is 18.6 Å². The first-order valence-corrected chi connectivity index (χ1v) is 6.48. The van der Waals surface area contributed by atoms with Gasteiger partial charge in [-0.05, 0) is 23.3 Å². The number of anilines is 1. The van der Waals surface area contributed by atoms with Crippen LogP contribution in [0, 0.1) is 0 Å². The molecule has 0 aliphatic heterocycles. The van der Waals surface area contributed by atoms with Gasteiger partial charge in [0.15, 0.2) is 0 Å². The summed E-state index contributed by atoms with van der Waals surface area (Å²) in [5, 5.41) is 15.5. The van der Waals surface area contributed by atoms with Crippen LogP contribution in [-0.2, 0) is 6.42 Å². The molecule has 1 heterocycles. The quantitative estimate of drug-likeness (QED) is 0.779. The second-order valence-corrected chi connectivity index (χ2v) is 4.76. The van der Waals surface area contributed by atoms with Crippen LogP contribution in [0.4, 0.5) is 10.6 Å². The molecule has 0 saturated heterocycles. The van der Waals surface area contributed by atoms with Crippen molar-refractivity contribution in [2.24, 2.45) is 0 Å². The van der Waals surface area contributed by atoms with Crippen molar-refractivity contribution in [3.63, 3.8) is 0 Å². The number of fused-ring (bicyclic) bond motifs is 1. The molecule has 0 radical (unpaired) electrons. The van der Waals surface area contributed by atoms with Gasteiger partial charge < -0.3 is 10.4 Å². The van der Waals surface area contributed by atoms with Crippen LogP contribution < -0.4 is 10.6 Å². The van der Waals surface area contributed by atoms with Gasteiger partial charge in [-0.25, -0.2) is 9.78 Å². The molecule has 5 nitrogen and oxygen atoms in total. The zero-order chi connectivity index (χ0) is 13.9. The molecule has 20 heavy (non-hydrogen) atoms. The van der Waals surface area contributed by atoms with E-state index in [9.17, 15) is 9.90 Å². The van der Waals surface area contributed by atoms with Crippen LogP contribution in [0.2, 0.25) is 0 Å². The average Bonchev–Trinajstić information content (AvgIpc) is 2.76. The summed E-state index contributed by atoms with van der Waals surface area (Å²) in [6.07, 6.45) is 1.57. The van der Waals surface area contributed by atoms with Crippen LogP contribution in [0.1, 0.15) is 17.2 Å². The Morgan fingerprint density at radius 1 is 1.20 bits per heavy atom. The Balaban J connectivity index is 1.70. The van der Waals surface area contributed by atoms with Crippen molar-refractivity contribution in [3.05, 3.63) is 59.8 Å². The van der Waals surface area contributed by atoms with Gasteiger partial charge in [-0.1, -0.05) is 30.3 Å². The molecule has 3 rings (SSSR count). The van der Waals surface area contributed by atoms with E-state index < -0.39 is 6.10 Å². The number of aliphatic hydroxyl groups excluding tert-OH is 1. The molecule has 1 aromatic heterocycles. The summed E-state index contributed by atoms with van der Waals surface area (Å²) in [4.78, 5) is 16.0. The molecule has 2 atom stereocenters. The van der Waals surface area contributed by atoms with E-state index in [0.717, 1.165) is 11.1 Å². The molecule has 2 unspecified atom stereocenters. The van der Waals surface area contributed by atoms with Gasteiger partial charge in [0, 0.05) is 12.6 Å². The van der Waals surface area contributed by atoms with Crippen LogP contribution in [-0.4, -0.2) is 22.2 Å². The van der Waals surface area contributed by atoms with E-state index in [0.29, 0.717) is 12.2 Å². The molecule has 2 amide bonds. The minimum absolute atomic E-state index is 0.371. The topological polar surface area (TPSA) is 74.2 Å². The highest BCUT2D eigenvalue weighted by atomic mass is 16.3. The summed E-state index contributed by atoms with van der Waals surface area (Å²) in [6.45, 7) is 0. The van der Waals surface area contributed by atoms with E-state index in [2.05, 4.69) is 15.6 Å². The third kappa shape index (κ3) is 2.48. The fourth-order valence-electron chi connectivity index (χ4n) is 2.48. The highest BCUT2D eigenvalue weighted by Crippen LogP contribution is 2.31. The lowest BCUT2D eigenvalue weighted by Gasteiger charge is -2.18. The number of amides is 2. The first kappa shape index (κ1) is 12.6. The van der Waals surface area contributed by atoms with Crippen molar-refractivity contribution >= 4 is 11.8 Å². The molecule has 2 aromatic rings. The molecule has 0 fully saturated rings. The molecule has 1 aromatic carbocycles. The molecule has 0 bridgehead atoms. The second kappa shape index (κ2) is 5.30. The van der Waals surface area contributed by atoms with Gasteiger partial charge in [-0.15, -0.1) is 0 Å². The first-order chi connectivity index (χ1) is 9.74. The van der Waals surface area contributed by atoms with Gasteiger partial charge >= 0.3 is 6.03 Å². The van der Waals surface area contributed by atoms with Crippen LogP contribution in [0.5, 0.6) is 0 Å². The van der Waals surface area contributed by atoms with Gasteiger partial charge in [0.25, 0.3) is 0 Å². The number of hydrogen-bond donors (Lipinski definition) is 3. The lowest BCUT2D eigenvalue weighted by Crippen LogP contribution is -2.36. The normalized spacial score (nSPS) is 20.2. The maximum atomic E-state index is 12.0. The maximum absolute atomic E-state index is 12.0. The number of carbonyl (C=O) groups is 1. The van der Waals surface area contributed by atoms with E-state index in [1.54, 1.807) is 24.4 Å². The van der Waals surface area contributed by atoms with Gasteiger partial charge in [0.05, 0.1) is 12.1 Å². The summed E-state index contributed by atoms with van der Waals surface area (Å²) in [7, 11) is 0. The summed E-state index contributed by atoms with van der Waals surface area (Å²) in [5.74, 6) is 0.478. The molecular weight excluding hydrogens is 254 g/mol. The summed E-state index contributed by atoms with van der Waals surface area (Å²) in [5.41, 5.74) is 2.04. The standard InChI is InChI=1S/C15H15N3O2/c19-12-9-10-5-1-2-6-11(10)14(12)18-15(20)17-13-7-3-4-8-16-13/h1-8,12,14,19H,9H2,(H2,16,17,18,20). The Labute approximate surface area is 116 Å². The lowest BCUT2D eigenvalue weighted by molar-refractivity contribution is 0.144. The Kier molecular flexibility index (Phi) is 3.35. The number of hydrogen-bond acceptors (Lipinski definition) is 3. The molecule has 1 aliphatic carbocycles. The van der Waals surface area contributed by atoms with Gasteiger partial charge in [-0.3, -0.25) is 5.32 Å². The molecule has 3 N–H and O–H groups in total. The third-order valence-corrected chi connectivity index (χ3v) is 3.40. The number of pyridine rings is 1. The van der Waals surface area contributed by atoms with Crippen molar-refractivity contribution in [1.82, 2.24) is 10.3 Å². The van der Waals surface area contributed by atoms with E-state index in [4.69, 9.17) is 0 Å².